The third kappa shape index (κ3) is 3.42. The first kappa shape index (κ1) is 13.7. The highest BCUT2D eigenvalue weighted by Crippen LogP contribution is 2.46. The molecular formula is C14H12F3N3O. The Morgan fingerprint density at radius 1 is 1.19 bits per heavy atom. The zero-order valence-electron chi connectivity index (χ0n) is 10.8. The van der Waals surface area contributed by atoms with Crippen LogP contribution >= 0.6 is 0 Å². The number of halogens is 3. The molecule has 0 radical (unpaired) electrons. The molecule has 110 valence electrons. The zero-order chi connectivity index (χ0) is 14.9. The maximum Gasteiger partial charge on any atom is 0.573 e. The predicted molar refractivity (Wildman–Crippen MR) is 69.9 cm³/mol. The highest BCUT2D eigenvalue weighted by atomic mass is 19.4. The van der Waals surface area contributed by atoms with Gasteiger partial charge in [-0.1, -0.05) is 18.2 Å². The Bertz CT molecular complexity index is 618. The fourth-order valence-electron chi connectivity index (χ4n) is 2.27. The van der Waals surface area contributed by atoms with Crippen molar-refractivity contribution in [2.45, 2.75) is 24.7 Å². The minimum atomic E-state index is -4.68. The van der Waals surface area contributed by atoms with Crippen molar-refractivity contribution in [1.29, 1.82) is 0 Å². The normalized spacial score (nSPS) is 20.9. The molecule has 3 rings (SSSR count). The maximum atomic E-state index is 12.4. The van der Waals surface area contributed by atoms with Crippen LogP contribution in [-0.2, 0) is 0 Å². The summed E-state index contributed by atoms with van der Waals surface area (Å²) in [6.07, 6.45) is -0.920. The molecule has 0 spiro atoms. The number of alkyl halides is 3. The molecular weight excluding hydrogens is 283 g/mol. The lowest BCUT2D eigenvalue weighted by atomic mass is 10.1. The molecule has 1 N–H and O–H groups in total. The molecule has 1 aromatic carbocycles. The SMILES string of the molecule is FC(F)(F)Oc1ccccc1C1CC1Nc1ccncn1. The van der Waals surface area contributed by atoms with Gasteiger partial charge in [0.2, 0.25) is 0 Å². The highest BCUT2D eigenvalue weighted by molar-refractivity contribution is 5.45. The van der Waals surface area contributed by atoms with E-state index in [4.69, 9.17) is 0 Å². The van der Waals surface area contributed by atoms with E-state index in [9.17, 15) is 13.2 Å². The van der Waals surface area contributed by atoms with Gasteiger partial charge in [-0.25, -0.2) is 9.97 Å². The second-order valence-corrected chi connectivity index (χ2v) is 4.77. The first-order chi connectivity index (χ1) is 10.0. The van der Waals surface area contributed by atoms with Crippen LogP contribution in [0.2, 0.25) is 0 Å². The molecule has 0 bridgehead atoms. The monoisotopic (exact) mass is 295 g/mol. The summed E-state index contributed by atoms with van der Waals surface area (Å²) in [6, 6.07) is 8.00. The first-order valence-corrected chi connectivity index (χ1v) is 6.40. The molecule has 1 aromatic heterocycles. The molecule has 1 heterocycles. The fourth-order valence-corrected chi connectivity index (χ4v) is 2.27. The summed E-state index contributed by atoms with van der Waals surface area (Å²) in [4.78, 5) is 7.84. The first-order valence-electron chi connectivity index (χ1n) is 6.40. The molecule has 0 aliphatic heterocycles. The van der Waals surface area contributed by atoms with Crippen molar-refractivity contribution in [3.05, 3.63) is 48.4 Å². The molecule has 0 amide bonds. The van der Waals surface area contributed by atoms with Gasteiger partial charge >= 0.3 is 6.36 Å². The van der Waals surface area contributed by atoms with E-state index in [1.54, 1.807) is 24.4 Å². The van der Waals surface area contributed by atoms with Crippen LogP contribution in [0.4, 0.5) is 19.0 Å². The number of nitrogens with one attached hydrogen (secondary N) is 1. The second-order valence-electron chi connectivity index (χ2n) is 4.77. The molecule has 4 nitrogen and oxygen atoms in total. The number of para-hydroxylation sites is 1. The number of aromatic nitrogens is 2. The van der Waals surface area contributed by atoms with Gasteiger partial charge < -0.3 is 10.1 Å². The molecule has 7 heteroatoms. The Balaban J connectivity index is 1.72. The molecule has 2 unspecified atom stereocenters. The van der Waals surface area contributed by atoms with E-state index < -0.39 is 6.36 Å². The van der Waals surface area contributed by atoms with Gasteiger partial charge in [0.15, 0.2) is 0 Å². The van der Waals surface area contributed by atoms with Gasteiger partial charge in [0.05, 0.1) is 0 Å². The molecule has 2 aromatic rings. The van der Waals surface area contributed by atoms with E-state index in [0.717, 1.165) is 6.42 Å². The fraction of sp³-hybridized carbons (Fsp3) is 0.286. The standard InChI is InChI=1S/C14H12F3N3O/c15-14(16,17)21-12-4-2-1-3-9(12)10-7-11(10)20-13-5-6-18-8-19-13/h1-6,8,10-11H,7H2,(H,18,19,20). The van der Waals surface area contributed by atoms with Crippen LogP contribution < -0.4 is 10.1 Å². The van der Waals surface area contributed by atoms with E-state index in [1.807, 2.05) is 0 Å². The number of rotatable bonds is 4. The average Bonchev–Trinajstić information content (AvgIpc) is 3.18. The minimum Gasteiger partial charge on any atom is -0.405 e. The van der Waals surface area contributed by atoms with Gasteiger partial charge in [-0.2, -0.15) is 0 Å². The largest absolute Gasteiger partial charge is 0.573 e. The van der Waals surface area contributed by atoms with Crippen molar-refractivity contribution in [3.63, 3.8) is 0 Å². The molecule has 1 aliphatic carbocycles. The third-order valence-corrected chi connectivity index (χ3v) is 3.25. The lowest BCUT2D eigenvalue weighted by Gasteiger charge is -2.13. The Labute approximate surface area is 119 Å². The number of ether oxygens (including phenoxy) is 1. The van der Waals surface area contributed by atoms with Gasteiger partial charge in [-0.05, 0) is 24.1 Å². The van der Waals surface area contributed by atoms with E-state index in [1.165, 1.54) is 18.5 Å². The van der Waals surface area contributed by atoms with Gasteiger partial charge in [-0.3, -0.25) is 0 Å². The summed E-state index contributed by atoms with van der Waals surface area (Å²) in [5, 5.41) is 3.17. The Morgan fingerprint density at radius 3 is 2.71 bits per heavy atom. The summed E-state index contributed by atoms with van der Waals surface area (Å²) in [7, 11) is 0. The number of hydrogen-bond acceptors (Lipinski definition) is 4. The summed E-state index contributed by atoms with van der Waals surface area (Å²) < 4.78 is 41.3. The maximum absolute atomic E-state index is 12.4. The predicted octanol–water partition coefficient (Wildman–Crippen LogP) is 3.34. The lowest BCUT2D eigenvalue weighted by Crippen LogP contribution is -2.18. The van der Waals surface area contributed by atoms with E-state index in [-0.39, 0.29) is 17.7 Å². The molecule has 0 saturated heterocycles. The van der Waals surface area contributed by atoms with Crippen LogP contribution in [0, 0.1) is 0 Å². The quantitative estimate of drug-likeness (QED) is 0.939. The van der Waals surface area contributed by atoms with Crippen molar-refractivity contribution < 1.29 is 17.9 Å². The zero-order valence-corrected chi connectivity index (χ0v) is 10.8. The van der Waals surface area contributed by atoms with Crippen molar-refractivity contribution >= 4 is 5.82 Å². The minimum absolute atomic E-state index is 0.0153. The van der Waals surface area contributed by atoms with Crippen LogP contribution in [0.3, 0.4) is 0 Å². The summed E-state index contributed by atoms with van der Waals surface area (Å²) in [5.41, 5.74) is 0.557. The second kappa shape index (κ2) is 5.23. The molecule has 1 fully saturated rings. The van der Waals surface area contributed by atoms with Gasteiger partial charge in [0.25, 0.3) is 0 Å². The number of nitrogens with zero attached hydrogens (tertiary/aromatic N) is 2. The van der Waals surface area contributed by atoms with E-state index in [0.29, 0.717) is 11.4 Å². The van der Waals surface area contributed by atoms with E-state index in [2.05, 4.69) is 20.0 Å². The summed E-state index contributed by atoms with van der Waals surface area (Å²) in [6.45, 7) is 0. The molecule has 21 heavy (non-hydrogen) atoms. The van der Waals surface area contributed by atoms with Crippen molar-refractivity contribution in [2.24, 2.45) is 0 Å². The van der Waals surface area contributed by atoms with Crippen LogP contribution in [-0.4, -0.2) is 22.4 Å². The summed E-state index contributed by atoms with van der Waals surface area (Å²) in [5.74, 6) is 0.507. The van der Waals surface area contributed by atoms with Crippen LogP contribution in [0.25, 0.3) is 0 Å². The molecule has 1 aliphatic rings. The van der Waals surface area contributed by atoms with E-state index >= 15 is 0 Å². The van der Waals surface area contributed by atoms with Crippen molar-refractivity contribution in [1.82, 2.24) is 9.97 Å². The van der Waals surface area contributed by atoms with Crippen molar-refractivity contribution in [2.75, 3.05) is 5.32 Å². The highest BCUT2D eigenvalue weighted by Gasteiger charge is 2.42. The number of hydrogen-bond donors (Lipinski definition) is 1. The lowest BCUT2D eigenvalue weighted by molar-refractivity contribution is -0.274. The van der Waals surface area contributed by atoms with Gasteiger partial charge in [-0.15, -0.1) is 13.2 Å². The van der Waals surface area contributed by atoms with Gasteiger partial charge in [0.1, 0.15) is 17.9 Å². The average molecular weight is 295 g/mol. The third-order valence-electron chi connectivity index (χ3n) is 3.25. The summed E-state index contributed by atoms with van der Waals surface area (Å²) >= 11 is 0. The van der Waals surface area contributed by atoms with Crippen LogP contribution in [0.5, 0.6) is 5.75 Å². The van der Waals surface area contributed by atoms with Crippen molar-refractivity contribution in [3.8, 4) is 5.75 Å². The van der Waals surface area contributed by atoms with Gasteiger partial charge in [0, 0.05) is 18.2 Å². The van der Waals surface area contributed by atoms with Crippen LogP contribution in [0.1, 0.15) is 17.9 Å². The molecule has 2 atom stereocenters. The number of benzene rings is 1. The van der Waals surface area contributed by atoms with Crippen LogP contribution in [0.15, 0.2) is 42.9 Å². The smallest absolute Gasteiger partial charge is 0.405 e. The Kier molecular flexibility index (Phi) is 3.40. The Morgan fingerprint density at radius 2 is 2.00 bits per heavy atom. The molecule has 1 saturated carbocycles. The number of anilines is 1. The Hall–Kier alpha value is -2.31. The topological polar surface area (TPSA) is 47.0 Å².